The standard InChI is InChI=1S/C52H38N2O/c1-2-15-38(16-3-1)53(47-22-10-7-18-41(47)37-29-33-51-46(34-37)45-32-28-35-14-4-5-19-42(35)52(45)55-51)39-30-26-36(27-31-39)40-17-6-11-23-48(40)54-49-24-12-8-20-43(49)44-21-9-13-25-50(44)54/h2,4-34,40,48H,1,3H2. The van der Waals surface area contributed by atoms with Gasteiger partial charge in [0.25, 0.3) is 0 Å². The van der Waals surface area contributed by atoms with Gasteiger partial charge in [-0.1, -0.05) is 140 Å². The molecule has 0 spiro atoms. The van der Waals surface area contributed by atoms with Gasteiger partial charge in [0.2, 0.25) is 0 Å². The van der Waals surface area contributed by atoms with Gasteiger partial charge in [-0.2, -0.15) is 0 Å². The van der Waals surface area contributed by atoms with E-state index in [0.717, 1.165) is 57.1 Å². The molecule has 0 bridgehead atoms. The van der Waals surface area contributed by atoms with Gasteiger partial charge in [-0.15, -0.1) is 0 Å². The summed E-state index contributed by atoms with van der Waals surface area (Å²) in [4.78, 5) is 2.43. The van der Waals surface area contributed by atoms with E-state index >= 15 is 0 Å². The second-order valence-corrected chi connectivity index (χ2v) is 14.7. The zero-order chi connectivity index (χ0) is 36.3. The molecule has 2 aromatic heterocycles. The minimum Gasteiger partial charge on any atom is -0.455 e. The van der Waals surface area contributed by atoms with E-state index in [1.165, 1.54) is 44.0 Å². The smallest absolute Gasteiger partial charge is 0.143 e. The number of para-hydroxylation sites is 3. The molecule has 0 N–H and O–H groups in total. The van der Waals surface area contributed by atoms with Crippen molar-refractivity contribution in [1.82, 2.24) is 4.57 Å². The average molecular weight is 707 g/mol. The number of nitrogens with zero attached hydrogens (tertiary/aromatic N) is 2. The van der Waals surface area contributed by atoms with Crippen molar-refractivity contribution in [3.63, 3.8) is 0 Å². The van der Waals surface area contributed by atoms with Crippen molar-refractivity contribution in [3.05, 3.63) is 205 Å². The minimum atomic E-state index is 0.147. The van der Waals surface area contributed by atoms with Crippen molar-refractivity contribution in [2.75, 3.05) is 4.90 Å². The molecular formula is C52H38N2O. The molecular weight excluding hydrogens is 669 g/mol. The Morgan fingerprint density at radius 3 is 2.11 bits per heavy atom. The van der Waals surface area contributed by atoms with Crippen LogP contribution in [0.1, 0.15) is 30.4 Å². The summed E-state index contributed by atoms with van der Waals surface area (Å²) >= 11 is 0. The monoisotopic (exact) mass is 706 g/mol. The number of hydrogen-bond acceptors (Lipinski definition) is 2. The average Bonchev–Trinajstić information content (AvgIpc) is 3.80. The normalized spacial score (nSPS) is 16.8. The van der Waals surface area contributed by atoms with Crippen molar-refractivity contribution in [3.8, 4) is 11.1 Å². The van der Waals surface area contributed by atoms with Crippen molar-refractivity contribution >= 4 is 65.9 Å². The predicted octanol–water partition coefficient (Wildman–Crippen LogP) is 14.3. The molecule has 2 heterocycles. The van der Waals surface area contributed by atoms with E-state index in [0.29, 0.717) is 0 Å². The van der Waals surface area contributed by atoms with Crippen LogP contribution in [0, 0.1) is 0 Å². The Hall–Kier alpha value is -6.84. The molecule has 0 fully saturated rings. The molecule has 7 aromatic carbocycles. The number of benzene rings is 7. The lowest BCUT2D eigenvalue weighted by Gasteiger charge is -2.31. The fraction of sp³-hybridized carbons (Fsp3) is 0.0769. The van der Waals surface area contributed by atoms with Crippen molar-refractivity contribution < 1.29 is 4.42 Å². The maximum atomic E-state index is 6.49. The number of fused-ring (bicyclic) bond motifs is 8. The van der Waals surface area contributed by atoms with Crippen LogP contribution in [0.4, 0.5) is 11.4 Å². The van der Waals surface area contributed by atoms with Crippen LogP contribution in [0.2, 0.25) is 0 Å². The van der Waals surface area contributed by atoms with Crippen LogP contribution in [0.3, 0.4) is 0 Å². The largest absolute Gasteiger partial charge is 0.455 e. The first-order chi connectivity index (χ1) is 27.3. The quantitative estimate of drug-likeness (QED) is 0.172. The lowest BCUT2D eigenvalue weighted by molar-refractivity contribution is 0.576. The van der Waals surface area contributed by atoms with E-state index in [4.69, 9.17) is 4.42 Å². The first-order valence-electron chi connectivity index (χ1n) is 19.3. The second-order valence-electron chi connectivity index (χ2n) is 14.7. The fourth-order valence-corrected chi connectivity index (χ4v) is 9.05. The molecule has 3 heteroatoms. The predicted molar refractivity (Wildman–Crippen MR) is 231 cm³/mol. The number of hydrogen-bond donors (Lipinski definition) is 0. The Balaban J connectivity index is 1.01. The summed E-state index contributed by atoms with van der Waals surface area (Å²) in [6, 6.07) is 55.4. The summed E-state index contributed by atoms with van der Waals surface area (Å²) in [6.07, 6.45) is 18.1. The fourth-order valence-electron chi connectivity index (χ4n) is 9.05. The molecule has 0 aliphatic heterocycles. The molecule has 55 heavy (non-hydrogen) atoms. The highest BCUT2D eigenvalue weighted by Crippen LogP contribution is 2.44. The van der Waals surface area contributed by atoms with E-state index < -0.39 is 0 Å². The number of anilines is 2. The molecule has 11 rings (SSSR count). The summed E-state index contributed by atoms with van der Waals surface area (Å²) in [5.41, 5.74) is 11.5. The van der Waals surface area contributed by atoms with Gasteiger partial charge in [-0.25, -0.2) is 0 Å². The third-order valence-corrected chi connectivity index (χ3v) is 11.6. The van der Waals surface area contributed by atoms with Gasteiger partial charge in [0.15, 0.2) is 0 Å². The molecule has 2 unspecified atom stereocenters. The van der Waals surface area contributed by atoms with Crippen LogP contribution in [-0.2, 0) is 0 Å². The first kappa shape index (κ1) is 31.7. The number of rotatable bonds is 6. The summed E-state index contributed by atoms with van der Waals surface area (Å²) in [5, 5.41) is 7.20. The van der Waals surface area contributed by atoms with Crippen molar-refractivity contribution in [1.29, 1.82) is 0 Å². The highest BCUT2D eigenvalue weighted by Gasteiger charge is 2.26. The summed E-state index contributed by atoms with van der Waals surface area (Å²) < 4.78 is 9.03. The van der Waals surface area contributed by atoms with Gasteiger partial charge in [0.1, 0.15) is 11.2 Å². The lowest BCUT2D eigenvalue weighted by Crippen LogP contribution is -2.18. The second kappa shape index (κ2) is 12.9. The van der Waals surface area contributed by atoms with E-state index in [9.17, 15) is 0 Å². The Kier molecular flexibility index (Phi) is 7.44. The molecule has 0 amide bonds. The van der Waals surface area contributed by atoms with Crippen LogP contribution >= 0.6 is 0 Å². The third-order valence-electron chi connectivity index (χ3n) is 11.6. The highest BCUT2D eigenvalue weighted by molar-refractivity contribution is 6.15. The summed E-state index contributed by atoms with van der Waals surface area (Å²) in [6.45, 7) is 0. The van der Waals surface area contributed by atoms with Crippen LogP contribution in [0.5, 0.6) is 0 Å². The van der Waals surface area contributed by atoms with Crippen LogP contribution in [0.25, 0.3) is 65.6 Å². The molecule has 9 aromatic rings. The SMILES string of the molecule is C1=CC(c2ccc(N(C3=CCCC=C3)c3ccccc3-c3ccc4oc5c6ccccc6ccc5c4c3)cc2)C(n2c3ccccc3c3ccccc32)C=C1. The third kappa shape index (κ3) is 5.19. The van der Waals surface area contributed by atoms with Crippen molar-refractivity contribution in [2.45, 2.75) is 24.8 Å². The maximum absolute atomic E-state index is 6.49. The van der Waals surface area contributed by atoms with Gasteiger partial charge < -0.3 is 13.9 Å². The Bertz CT molecular complexity index is 3010. The molecule has 2 atom stereocenters. The molecule has 3 nitrogen and oxygen atoms in total. The molecule has 0 saturated heterocycles. The van der Waals surface area contributed by atoms with Crippen LogP contribution in [0.15, 0.2) is 204 Å². The van der Waals surface area contributed by atoms with Crippen LogP contribution in [-0.4, -0.2) is 4.57 Å². The van der Waals surface area contributed by atoms with E-state index in [1.807, 2.05) is 0 Å². The first-order valence-corrected chi connectivity index (χ1v) is 19.3. The summed E-state index contributed by atoms with van der Waals surface area (Å²) in [7, 11) is 0. The highest BCUT2D eigenvalue weighted by atomic mass is 16.3. The lowest BCUT2D eigenvalue weighted by atomic mass is 9.87. The molecule has 0 saturated carbocycles. The maximum Gasteiger partial charge on any atom is 0.143 e. The van der Waals surface area contributed by atoms with Crippen LogP contribution < -0.4 is 4.90 Å². The molecule has 0 radical (unpaired) electrons. The number of aromatic nitrogens is 1. The molecule has 2 aliphatic carbocycles. The van der Waals surface area contributed by atoms with Crippen molar-refractivity contribution in [2.24, 2.45) is 0 Å². The minimum absolute atomic E-state index is 0.147. The van der Waals surface area contributed by atoms with E-state index in [1.54, 1.807) is 0 Å². The molecule has 262 valence electrons. The van der Waals surface area contributed by atoms with Gasteiger partial charge in [-0.05, 0) is 84.0 Å². The zero-order valence-corrected chi connectivity index (χ0v) is 30.3. The topological polar surface area (TPSA) is 21.3 Å². The van der Waals surface area contributed by atoms with E-state index in [2.05, 4.69) is 204 Å². The van der Waals surface area contributed by atoms with Gasteiger partial charge in [0, 0.05) is 60.8 Å². The Labute approximate surface area is 320 Å². The number of allylic oxidation sites excluding steroid dienone is 7. The zero-order valence-electron chi connectivity index (χ0n) is 30.3. The van der Waals surface area contributed by atoms with Gasteiger partial charge in [0.05, 0.1) is 11.7 Å². The van der Waals surface area contributed by atoms with Gasteiger partial charge >= 0.3 is 0 Å². The van der Waals surface area contributed by atoms with Gasteiger partial charge in [-0.3, -0.25) is 0 Å². The summed E-state index contributed by atoms with van der Waals surface area (Å²) in [5.74, 6) is 0.182. The van der Waals surface area contributed by atoms with E-state index in [-0.39, 0.29) is 12.0 Å². The molecule has 2 aliphatic rings. The Morgan fingerprint density at radius 2 is 1.31 bits per heavy atom. The Morgan fingerprint density at radius 1 is 0.582 bits per heavy atom. The number of furan rings is 1.